The van der Waals surface area contributed by atoms with Crippen molar-refractivity contribution >= 4 is 10.9 Å². The van der Waals surface area contributed by atoms with Crippen LogP contribution in [0.5, 0.6) is 0 Å². The minimum atomic E-state index is -0.199. The van der Waals surface area contributed by atoms with Gasteiger partial charge in [-0.3, -0.25) is 4.68 Å². The van der Waals surface area contributed by atoms with Crippen LogP contribution in [0.3, 0.4) is 0 Å². The van der Waals surface area contributed by atoms with E-state index in [-0.39, 0.29) is 5.82 Å². The number of nitrogens with zero attached hydrogens (tertiary/aromatic N) is 2. The molecule has 0 fully saturated rings. The van der Waals surface area contributed by atoms with E-state index in [9.17, 15) is 4.39 Å². The fourth-order valence-electron chi connectivity index (χ4n) is 1.64. The van der Waals surface area contributed by atoms with Crippen LogP contribution in [0.25, 0.3) is 10.9 Å². The van der Waals surface area contributed by atoms with E-state index in [1.54, 1.807) is 12.1 Å². The molecule has 0 aliphatic heterocycles. The van der Waals surface area contributed by atoms with Crippen LogP contribution in [0.15, 0.2) is 18.2 Å². The molecule has 0 aliphatic rings. The predicted octanol–water partition coefficient (Wildman–Crippen LogP) is 2.27. The Kier molecular flexibility index (Phi) is 1.79. The highest BCUT2D eigenvalue weighted by Gasteiger charge is 2.06. The Hall–Kier alpha value is -1.38. The van der Waals surface area contributed by atoms with E-state index in [1.165, 1.54) is 6.07 Å². The maximum Gasteiger partial charge on any atom is 0.124 e. The Balaban J connectivity index is 2.80. The number of aromatic nitrogens is 2. The minimum Gasteiger partial charge on any atom is -0.271 e. The van der Waals surface area contributed by atoms with E-state index >= 15 is 0 Å². The molecule has 3 heteroatoms. The lowest BCUT2D eigenvalue weighted by Gasteiger charge is -1.96. The molecule has 0 amide bonds. The molecular formula is C10H11FN2. The maximum atomic E-state index is 12.9. The maximum absolute atomic E-state index is 12.9. The third-order valence-electron chi connectivity index (χ3n) is 2.25. The lowest BCUT2D eigenvalue weighted by molar-refractivity contribution is 0.629. The summed E-state index contributed by atoms with van der Waals surface area (Å²) in [5.74, 6) is -0.199. The molecule has 0 aliphatic carbocycles. The Labute approximate surface area is 76.0 Å². The fraction of sp³-hybridized carbons (Fsp3) is 0.300. The largest absolute Gasteiger partial charge is 0.271 e. The van der Waals surface area contributed by atoms with Gasteiger partial charge in [0.25, 0.3) is 0 Å². The Morgan fingerprint density at radius 3 is 2.92 bits per heavy atom. The molecule has 13 heavy (non-hydrogen) atoms. The molecule has 2 rings (SSSR count). The van der Waals surface area contributed by atoms with Gasteiger partial charge in [0.2, 0.25) is 0 Å². The van der Waals surface area contributed by atoms with Crippen LogP contribution in [-0.2, 0) is 13.5 Å². The zero-order chi connectivity index (χ0) is 9.42. The number of fused-ring (bicyclic) bond motifs is 1. The zero-order valence-electron chi connectivity index (χ0n) is 7.71. The summed E-state index contributed by atoms with van der Waals surface area (Å²) in [6.45, 7) is 2.04. The zero-order valence-corrected chi connectivity index (χ0v) is 7.71. The topological polar surface area (TPSA) is 17.8 Å². The van der Waals surface area contributed by atoms with Crippen molar-refractivity contribution in [3.8, 4) is 0 Å². The molecule has 0 atom stereocenters. The van der Waals surface area contributed by atoms with Crippen LogP contribution in [0.2, 0.25) is 0 Å². The van der Waals surface area contributed by atoms with Crippen molar-refractivity contribution in [2.45, 2.75) is 13.3 Å². The van der Waals surface area contributed by atoms with Crippen molar-refractivity contribution in [1.82, 2.24) is 9.78 Å². The van der Waals surface area contributed by atoms with Gasteiger partial charge in [0.1, 0.15) is 5.82 Å². The molecule has 0 radical (unpaired) electrons. The molecule has 2 nitrogen and oxygen atoms in total. The van der Waals surface area contributed by atoms with Gasteiger partial charge in [0, 0.05) is 18.1 Å². The number of aryl methyl sites for hydroxylation is 2. The summed E-state index contributed by atoms with van der Waals surface area (Å²) in [4.78, 5) is 0. The first-order valence-electron chi connectivity index (χ1n) is 4.33. The van der Waals surface area contributed by atoms with Crippen molar-refractivity contribution in [3.63, 3.8) is 0 Å². The highest BCUT2D eigenvalue weighted by molar-refractivity contribution is 5.81. The first-order chi connectivity index (χ1) is 6.22. The molecule has 2 aromatic rings. The van der Waals surface area contributed by atoms with Gasteiger partial charge in [-0.25, -0.2) is 4.39 Å². The SMILES string of the molecule is CCc1c2cc(F)ccc2nn1C. The molecule has 0 unspecified atom stereocenters. The number of halogens is 1. The smallest absolute Gasteiger partial charge is 0.124 e. The van der Waals surface area contributed by atoms with Crippen molar-refractivity contribution in [2.24, 2.45) is 7.05 Å². The van der Waals surface area contributed by atoms with Gasteiger partial charge >= 0.3 is 0 Å². The molecule has 68 valence electrons. The van der Waals surface area contributed by atoms with Gasteiger partial charge in [-0.1, -0.05) is 6.92 Å². The first kappa shape index (κ1) is 8.23. The number of hydrogen-bond donors (Lipinski definition) is 0. The van der Waals surface area contributed by atoms with Gasteiger partial charge in [-0.05, 0) is 24.6 Å². The summed E-state index contributed by atoms with van der Waals surface area (Å²) in [5, 5.41) is 5.20. The number of rotatable bonds is 1. The van der Waals surface area contributed by atoms with Gasteiger partial charge < -0.3 is 0 Å². The van der Waals surface area contributed by atoms with Crippen LogP contribution < -0.4 is 0 Å². The standard InChI is InChI=1S/C10H11FN2/c1-3-10-8-6-7(11)4-5-9(8)12-13(10)2/h4-6H,3H2,1-2H3. The number of hydrogen-bond acceptors (Lipinski definition) is 1. The molecule has 0 spiro atoms. The summed E-state index contributed by atoms with van der Waals surface area (Å²) in [7, 11) is 1.89. The first-order valence-corrected chi connectivity index (χ1v) is 4.33. The van der Waals surface area contributed by atoms with E-state index in [0.29, 0.717) is 0 Å². The fourth-order valence-corrected chi connectivity index (χ4v) is 1.64. The molecule has 0 N–H and O–H groups in total. The second-order valence-corrected chi connectivity index (χ2v) is 3.09. The van der Waals surface area contributed by atoms with Crippen molar-refractivity contribution in [1.29, 1.82) is 0 Å². The van der Waals surface area contributed by atoms with Gasteiger partial charge in [-0.15, -0.1) is 0 Å². The van der Waals surface area contributed by atoms with Crippen molar-refractivity contribution < 1.29 is 4.39 Å². The number of benzene rings is 1. The molecule has 0 bridgehead atoms. The summed E-state index contributed by atoms with van der Waals surface area (Å²) in [5.41, 5.74) is 1.94. The average molecular weight is 178 g/mol. The van der Waals surface area contributed by atoms with Gasteiger partial charge in [-0.2, -0.15) is 5.10 Å². The van der Waals surface area contributed by atoms with Gasteiger partial charge in [0.15, 0.2) is 0 Å². The second-order valence-electron chi connectivity index (χ2n) is 3.09. The Morgan fingerprint density at radius 1 is 1.46 bits per heavy atom. The lowest BCUT2D eigenvalue weighted by Crippen LogP contribution is -1.95. The summed E-state index contributed by atoms with van der Waals surface area (Å²) in [6.07, 6.45) is 0.871. The van der Waals surface area contributed by atoms with Crippen molar-refractivity contribution in [2.75, 3.05) is 0 Å². The summed E-state index contributed by atoms with van der Waals surface area (Å²) >= 11 is 0. The molecule has 1 aromatic carbocycles. The molecule has 0 saturated carbocycles. The lowest BCUT2D eigenvalue weighted by atomic mass is 10.2. The highest BCUT2D eigenvalue weighted by atomic mass is 19.1. The average Bonchev–Trinajstić information content (AvgIpc) is 2.40. The van der Waals surface area contributed by atoms with Gasteiger partial charge in [0.05, 0.1) is 5.52 Å². The van der Waals surface area contributed by atoms with Crippen LogP contribution in [0, 0.1) is 5.82 Å². The monoisotopic (exact) mass is 178 g/mol. The van der Waals surface area contributed by atoms with E-state index in [4.69, 9.17) is 0 Å². The molecule has 0 saturated heterocycles. The molecular weight excluding hydrogens is 167 g/mol. The van der Waals surface area contributed by atoms with Crippen molar-refractivity contribution in [3.05, 3.63) is 29.7 Å². The third kappa shape index (κ3) is 1.20. The van der Waals surface area contributed by atoms with Crippen LogP contribution in [-0.4, -0.2) is 9.78 Å². The summed E-state index contributed by atoms with van der Waals surface area (Å²) in [6, 6.07) is 4.69. The normalized spacial score (nSPS) is 11.0. The third-order valence-corrected chi connectivity index (χ3v) is 2.25. The predicted molar refractivity (Wildman–Crippen MR) is 50.1 cm³/mol. The minimum absolute atomic E-state index is 0.199. The van der Waals surface area contributed by atoms with E-state index < -0.39 is 0 Å². The van der Waals surface area contributed by atoms with E-state index in [0.717, 1.165) is 23.0 Å². The summed E-state index contributed by atoms with van der Waals surface area (Å²) < 4.78 is 14.7. The second kappa shape index (κ2) is 2.83. The van der Waals surface area contributed by atoms with Crippen LogP contribution >= 0.6 is 0 Å². The van der Waals surface area contributed by atoms with Crippen LogP contribution in [0.1, 0.15) is 12.6 Å². The highest BCUT2D eigenvalue weighted by Crippen LogP contribution is 2.18. The van der Waals surface area contributed by atoms with Crippen LogP contribution in [0.4, 0.5) is 4.39 Å². The van der Waals surface area contributed by atoms with E-state index in [2.05, 4.69) is 5.10 Å². The quantitative estimate of drug-likeness (QED) is 0.655. The van der Waals surface area contributed by atoms with E-state index in [1.807, 2.05) is 18.7 Å². The Morgan fingerprint density at radius 2 is 2.23 bits per heavy atom. The molecule has 1 aromatic heterocycles. The Bertz CT molecular complexity index is 445. The molecule has 1 heterocycles.